The number of hydrogen-bond donors (Lipinski definition) is 1. The van der Waals surface area contributed by atoms with Crippen LogP contribution in [0, 0.1) is 0 Å². The molecule has 5 heteroatoms. The van der Waals surface area contributed by atoms with Gasteiger partial charge in [0.05, 0.1) is 0 Å². The normalized spacial score (nSPS) is 12.0. The Labute approximate surface area is 114 Å². The predicted octanol–water partition coefficient (Wildman–Crippen LogP) is 2.37. The van der Waals surface area contributed by atoms with E-state index in [-0.39, 0.29) is 5.54 Å². The van der Waals surface area contributed by atoms with Crippen molar-refractivity contribution in [2.45, 2.75) is 52.7 Å². The van der Waals surface area contributed by atoms with E-state index in [4.69, 9.17) is 4.42 Å². The third-order valence-electron chi connectivity index (χ3n) is 2.76. The minimum atomic E-state index is 0.130. The van der Waals surface area contributed by atoms with E-state index in [9.17, 15) is 0 Å². The second kappa shape index (κ2) is 5.57. The monoisotopic (exact) mass is 262 g/mol. The summed E-state index contributed by atoms with van der Waals surface area (Å²) in [5, 5.41) is 11.5. The Morgan fingerprint density at radius 3 is 2.63 bits per heavy atom. The maximum absolute atomic E-state index is 5.50. The molecule has 0 aliphatic carbocycles. The molecule has 0 amide bonds. The lowest BCUT2D eigenvalue weighted by Crippen LogP contribution is -2.34. The fraction of sp³-hybridized carbons (Fsp3) is 0.571. The van der Waals surface area contributed by atoms with Crippen LogP contribution in [-0.2, 0) is 19.5 Å². The molecule has 1 N–H and O–H groups in total. The molecule has 5 nitrogen and oxygen atoms in total. The van der Waals surface area contributed by atoms with E-state index >= 15 is 0 Å². The molecule has 0 saturated heterocycles. The fourth-order valence-electron chi connectivity index (χ4n) is 1.71. The van der Waals surface area contributed by atoms with Crippen molar-refractivity contribution in [3.63, 3.8) is 0 Å². The smallest absolute Gasteiger partial charge is 0.236 e. The van der Waals surface area contributed by atoms with Crippen molar-refractivity contribution in [3.05, 3.63) is 35.8 Å². The zero-order valence-corrected chi connectivity index (χ0v) is 12.1. The minimum absolute atomic E-state index is 0.130. The molecule has 0 aliphatic heterocycles. The van der Waals surface area contributed by atoms with E-state index in [0.29, 0.717) is 18.3 Å². The van der Waals surface area contributed by atoms with Crippen LogP contribution >= 0.6 is 0 Å². The van der Waals surface area contributed by atoms with E-state index in [0.717, 1.165) is 13.0 Å². The standard InChI is InChI=1S/C14H22N4O/c1-5-12-16-17-13(19-12)10-18-7-6-11(9-18)8-15-14(2,3)4/h6-7,9,15H,5,8,10H2,1-4H3. The molecule has 2 rings (SSSR count). The lowest BCUT2D eigenvalue weighted by Gasteiger charge is -2.19. The molecule has 0 fully saturated rings. The zero-order chi connectivity index (χ0) is 13.9. The number of hydrogen-bond acceptors (Lipinski definition) is 4. The molecular formula is C14H22N4O. The molecular weight excluding hydrogens is 240 g/mol. The average molecular weight is 262 g/mol. The summed E-state index contributed by atoms with van der Waals surface area (Å²) in [6.45, 7) is 9.98. The fourth-order valence-corrected chi connectivity index (χ4v) is 1.71. The largest absolute Gasteiger partial charge is 0.423 e. The molecule has 19 heavy (non-hydrogen) atoms. The zero-order valence-electron chi connectivity index (χ0n) is 12.1. The Bertz CT molecular complexity index is 522. The molecule has 104 valence electrons. The average Bonchev–Trinajstić information content (AvgIpc) is 2.95. The molecule has 0 spiro atoms. The molecule has 0 saturated carbocycles. The van der Waals surface area contributed by atoms with Crippen molar-refractivity contribution in [1.82, 2.24) is 20.1 Å². The van der Waals surface area contributed by atoms with Crippen LogP contribution in [0.2, 0.25) is 0 Å². The Kier molecular flexibility index (Phi) is 4.04. The van der Waals surface area contributed by atoms with Crippen LogP contribution in [0.15, 0.2) is 22.9 Å². The Balaban J connectivity index is 1.93. The Morgan fingerprint density at radius 2 is 2.00 bits per heavy atom. The van der Waals surface area contributed by atoms with Crippen LogP contribution in [0.25, 0.3) is 0 Å². The van der Waals surface area contributed by atoms with Gasteiger partial charge in [-0.25, -0.2) is 0 Å². The molecule has 2 heterocycles. The van der Waals surface area contributed by atoms with Gasteiger partial charge in [-0.3, -0.25) is 0 Å². The van der Waals surface area contributed by atoms with E-state index in [1.807, 2.05) is 13.1 Å². The highest BCUT2D eigenvalue weighted by atomic mass is 16.4. The van der Waals surface area contributed by atoms with Gasteiger partial charge in [0, 0.05) is 30.9 Å². The second-order valence-corrected chi connectivity index (χ2v) is 5.74. The van der Waals surface area contributed by atoms with Crippen molar-refractivity contribution < 1.29 is 4.42 Å². The third kappa shape index (κ3) is 4.21. The molecule has 0 radical (unpaired) electrons. The van der Waals surface area contributed by atoms with Gasteiger partial charge in [0.25, 0.3) is 0 Å². The SMILES string of the molecule is CCc1nnc(Cn2ccc(CNC(C)(C)C)c2)o1. The van der Waals surface area contributed by atoms with Crippen molar-refractivity contribution in [1.29, 1.82) is 0 Å². The predicted molar refractivity (Wildman–Crippen MR) is 73.8 cm³/mol. The molecule has 2 aromatic rings. The summed E-state index contributed by atoms with van der Waals surface area (Å²) in [5.74, 6) is 1.35. The second-order valence-electron chi connectivity index (χ2n) is 5.74. The number of nitrogens with one attached hydrogen (secondary N) is 1. The first-order valence-corrected chi connectivity index (χ1v) is 6.67. The summed E-state index contributed by atoms with van der Waals surface area (Å²) in [5.41, 5.74) is 1.38. The lowest BCUT2D eigenvalue weighted by atomic mass is 10.1. The molecule has 0 atom stereocenters. The third-order valence-corrected chi connectivity index (χ3v) is 2.76. The van der Waals surface area contributed by atoms with E-state index in [1.165, 1.54) is 5.56 Å². The highest BCUT2D eigenvalue weighted by molar-refractivity contribution is 5.11. The summed E-state index contributed by atoms with van der Waals surface area (Å²) in [7, 11) is 0. The molecule has 0 unspecified atom stereocenters. The maximum atomic E-state index is 5.50. The van der Waals surface area contributed by atoms with Gasteiger partial charge in [-0.2, -0.15) is 0 Å². The summed E-state index contributed by atoms with van der Waals surface area (Å²) >= 11 is 0. The van der Waals surface area contributed by atoms with E-state index < -0.39 is 0 Å². The summed E-state index contributed by atoms with van der Waals surface area (Å²) < 4.78 is 7.56. The van der Waals surface area contributed by atoms with Gasteiger partial charge < -0.3 is 14.3 Å². The number of nitrogens with zero attached hydrogens (tertiary/aromatic N) is 3. The first kappa shape index (κ1) is 13.8. The maximum Gasteiger partial charge on any atom is 0.236 e. The van der Waals surface area contributed by atoms with Crippen LogP contribution in [0.3, 0.4) is 0 Å². The van der Waals surface area contributed by atoms with Crippen molar-refractivity contribution >= 4 is 0 Å². The summed E-state index contributed by atoms with van der Waals surface area (Å²) in [6, 6.07) is 2.11. The first-order chi connectivity index (χ1) is 8.96. The Hall–Kier alpha value is -1.62. The van der Waals surface area contributed by atoms with Crippen molar-refractivity contribution in [3.8, 4) is 0 Å². The van der Waals surface area contributed by atoms with Crippen molar-refractivity contribution in [2.75, 3.05) is 0 Å². The van der Waals surface area contributed by atoms with Crippen LogP contribution in [0.5, 0.6) is 0 Å². The van der Waals surface area contributed by atoms with Crippen LogP contribution in [0.1, 0.15) is 45.0 Å². The summed E-state index contributed by atoms with van der Waals surface area (Å²) in [4.78, 5) is 0. The van der Waals surface area contributed by atoms with Gasteiger partial charge >= 0.3 is 0 Å². The minimum Gasteiger partial charge on any atom is -0.423 e. The van der Waals surface area contributed by atoms with Crippen LogP contribution in [0.4, 0.5) is 0 Å². The number of aromatic nitrogens is 3. The number of aryl methyl sites for hydroxylation is 1. The number of rotatable bonds is 5. The van der Waals surface area contributed by atoms with Gasteiger partial charge in [0.1, 0.15) is 6.54 Å². The van der Waals surface area contributed by atoms with Gasteiger partial charge in [-0.15, -0.1) is 10.2 Å². The molecule has 0 aliphatic rings. The van der Waals surface area contributed by atoms with E-state index in [1.54, 1.807) is 0 Å². The first-order valence-electron chi connectivity index (χ1n) is 6.67. The van der Waals surface area contributed by atoms with Gasteiger partial charge in [-0.1, -0.05) is 6.92 Å². The molecule has 0 bridgehead atoms. The molecule has 0 aromatic carbocycles. The summed E-state index contributed by atoms with van der Waals surface area (Å²) in [6.07, 6.45) is 4.92. The molecule has 2 aromatic heterocycles. The van der Waals surface area contributed by atoms with E-state index in [2.05, 4.69) is 53.1 Å². The lowest BCUT2D eigenvalue weighted by molar-refractivity contribution is 0.423. The topological polar surface area (TPSA) is 55.9 Å². The van der Waals surface area contributed by atoms with Gasteiger partial charge in [0.15, 0.2) is 0 Å². The highest BCUT2D eigenvalue weighted by Crippen LogP contribution is 2.08. The van der Waals surface area contributed by atoms with Crippen LogP contribution < -0.4 is 5.32 Å². The highest BCUT2D eigenvalue weighted by Gasteiger charge is 2.09. The van der Waals surface area contributed by atoms with Gasteiger partial charge in [0.2, 0.25) is 11.8 Å². The van der Waals surface area contributed by atoms with Gasteiger partial charge in [-0.05, 0) is 32.4 Å². The Morgan fingerprint density at radius 1 is 1.26 bits per heavy atom. The van der Waals surface area contributed by atoms with Crippen LogP contribution in [-0.4, -0.2) is 20.3 Å². The quantitative estimate of drug-likeness (QED) is 0.898. The van der Waals surface area contributed by atoms with Crippen molar-refractivity contribution in [2.24, 2.45) is 0 Å².